The van der Waals surface area contributed by atoms with E-state index in [4.69, 9.17) is 5.11 Å². The van der Waals surface area contributed by atoms with Gasteiger partial charge in [-0.3, -0.25) is 14.4 Å². The molecule has 0 atom stereocenters. The summed E-state index contributed by atoms with van der Waals surface area (Å²) in [5.41, 5.74) is 0. The Kier molecular flexibility index (Phi) is 4.41. The molecular weight excluding hydrogens is 220 g/mol. The van der Waals surface area contributed by atoms with Gasteiger partial charge in [0.15, 0.2) is 0 Å². The van der Waals surface area contributed by atoms with Gasteiger partial charge in [0.05, 0.1) is 18.1 Å². The van der Waals surface area contributed by atoms with Gasteiger partial charge < -0.3 is 15.3 Å². The highest BCUT2D eigenvalue weighted by Gasteiger charge is 2.22. The number of nitrogens with zero attached hydrogens (tertiary/aromatic N) is 1. The van der Waals surface area contributed by atoms with Crippen LogP contribution in [0.1, 0.15) is 6.42 Å². The Balaban J connectivity index is 2.18. The van der Waals surface area contributed by atoms with Gasteiger partial charge in [0.25, 0.3) is 0 Å². The second kappa shape index (κ2) is 5.59. The molecule has 0 aliphatic carbocycles. The van der Waals surface area contributed by atoms with Crippen LogP contribution in [0.3, 0.4) is 0 Å². The van der Waals surface area contributed by atoms with E-state index in [1.807, 2.05) is 0 Å². The molecule has 6 nitrogen and oxygen atoms in total. The normalized spacial score (nSPS) is 15.5. The minimum absolute atomic E-state index is 0.0193. The number of thioether (sulfide) groups is 1. The quantitative estimate of drug-likeness (QED) is 0.642. The van der Waals surface area contributed by atoms with Crippen LogP contribution < -0.4 is 5.32 Å². The van der Waals surface area contributed by atoms with E-state index >= 15 is 0 Å². The summed E-state index contributed by atoms with van der Waals surface area (Å²) >= 11 is 1.46. The standard InChI is InChI=1S/C8H12N2O4S/c11-6(9-2-1-8(13)14)3-10-5-15-4-7(10)12/h1-5H2,(H,9,11)(H,13,14). The van der Waals surface area contributed by atoms with E-state index in [0.717, 1.165) is 0 Å². The highest BCUT2D eigenvalue weighted by molar-refractivity contribution is 8.00. The number of nitrogens with one attached hydrogen (secondary N) is 1. The third kappa shape index (κ3) is 4.20. The van der Waals surface area contributed by atoms with E-state index in [1.165, 1.54) is 16.7 Å². The van der Waals surface area contributed by atoms with Crippen molar-refractivity contribution in [2.24, 2.45) is 0 Å². The smallest absolute Gasteiger partial charge is 0.305 e. The molecule has 0 aromatic rings. The van der Waals surface area contributed by atoms with Crippen molar-refractivity contribution in [3.63, 3.8) is 0 Å². The monoisotopic (exact) mass is 232 g/mol. The van der Waals surface area contributed by atoms with Gasteiger partial charge in [0, 0.05) is 6.54 Å². The lowest BCUT2D eigenvalue weighted by Crippen LogP contribution is -2.38. The van der Waals surface area contributed by atoms with E-state index < -0.39 is 5.97 Å². The molecule has 1 aliphatic heterocycles. The van der Waals surface area contributed by atoms with Crippen molar-refractivity contribution < 1.29 is 19.5 Å². The number of carboxylic acid groups (broad SMARTS) is 1. The van der Waals surface area contributed by atoms with Crippen LogP contribution in [0.4, 0.5) is 0 Å². The lowest BCUT2D eigenvalue weighted by atomic mass is 10.4. The topological polar surface area (TPSA) is 86.7 Å². The molecule has 2 amide bonds. The third-order valence-corrected chi connectivity index (χ3v) is 2.77. The van der Waals surface area contributed by atoms with Crippen LogP contribution in [-0.4, -0.2) is 52.5 Å². The average Bonchev–Trinajstić information content (AvgIpc) is 2.51. The van der Waals surface area contributed by atoms with Gasteiger partial charge in [-0.1, -0.05) is 0 Å². The van der Waals surface area contributed by atoms with Gasteiger partial charge >= 0.3 is 5.97 Å². The fraction of sp³-hybridized carbons (Fsp3) is 0.625. The molecule has 2 N–H and O–H groups in total. The maximum atomic E-state index is 11.2. The molecule has 7 heteroatoms. The van der Waals surface area contributed by atoms with Gasteiger partial charge in [-0.05, 0) is 0 Å². The molecule has 0 unspecified atom stereocenters. The molecule has 0 spiro atoms. The van der Waals surface area contributed by atoms with Crippen molar-refractivity contribution in [2.45, 2.75) is 6.42 Å². The Bertz CT molecular complexity index is 282. The molecule has 84 valence electrons. The largest absolute Gasteiger partial charge is 0.481 e. The van der Waals surface area contributed by atoms with E-state index in [-0.39, 0.29) is 31.3 Å². The summed E-state index contributed by atoms with van der Waals surface area (Å²) in [5, 5.41) is 10.8. The van der Waals surface area contributed by atoms with Gasteiger partial charge in [0.1, 0.15) is 6.54 Å². The van der Waals surface area contributed by atoms with Crippen LogP contribution >= 0.6 is 11.8 Å². The number of carbonyl (C=O) groups is 3. The zero-order valence-electron chi connectivity index (χ0n) is 8.06. The van der Waals surface area contributed by atoms with Gasteiger partial charge in [-0.15, -0.1) is 11.8 Å². The highest BCUT2D eigenvalue weighted by Crippen LogP contribution is 2.13. The first-order valence-electron chi connectivity index (χ1n) is 4.43. The zero-order chi connectivity index (χ0) is 11.3. The SMILES string of the molecule is O=C(O)CCNC(=O)CN1CSCC1=O. The summed E-state index contributed by atoms with van der Waals surface area (Å²) in [5.74, 6) is -0.364. The lowest BCUT2D eigenvalue weighted by molar-refractivity contribution is -0.137. The van der Waals surface area contributed by atoms with Gasteiger partial charge in [0.2, 0.25) is 11.8 Å². The molecule has 0 bridgehead atoms. The predicted octanol–water partition coefficient (Wildman–Crippen LogP) is -0.890. The van der Waals surface area contributed by atoms with Crippen molar-refractivity contribution in [1.29, 1.82) is 0 Å². The number of aliphatic carboxylic acids is 1. The van der Waals surface area contributed by atoms with Crippen molar-refractivity contribution in [1.82, 2.24) is 10.2 Å². The molecular formula is C8H12N2O4S. The Morgan fingerprint density at radius 1 is 1.53 bits per heavy atom. The Morgan fingerprint density at radius 3 is 2.80 bits per heavy atom. The van der Waals surface area contributed by atoms with E-state index in [1.54, 1.807) is 0 Å². The number of amides is 2. The molecule has 1 fully saturated rings. The number of carbonyl (C=O) groups excluding carboxylic acids is 2. The second-order valence-corrected chi connectivity index (χ2v) is 4.02. The van der Waals surface area contributed by atoms with E-state index in [9.17, 15) is 14.4 Å². The Labute approximate surface area is 91.0 Å². The van der Waals surface area contributed by atoms with Crippen LogP contribution in [0.15, 0.2) is 0 Å². The Morgan fingerprint density at radius 2 is 2.27 bits per heavy atom. The van der Waals surface area contributed by atoms with E-state index in [2.05, 4.69) is 5.32 Å². The van der Waals surface area contributed by atoms with Crippen molar-refractivity contribution in [2.75, 3.05) is 24.7 Å². The molecule has 0 saturated carbocycles. The minimum Gasteiger partial charge on any atom is -0.481 e. The summed E-state index contributed by atoms with van der Waals surface area (Å²) in [6.07, 6.45) is -0.103. The average molecular weight is 232 g/mol. The van der Waals surface area contributed by atoms with Crippen LogP contribution in [0.5, 0.6) is 0 Å². The number of hydrogen-bond donors (Lipinski definition) is 2. The maximum absolute atomic E-state index is 11.2. The minimum atomic E-state index is -0.955. The van der Waals surface area contributed by atoms with Gasteiger partial charge in [-0.25, -0.2) is 0 Å². The van der Waals surface area contributed by atoms with Crippen LogP contribution in [0.2, 0.25) is 0 Å². The van der Waals surface area contributed by atoms with Gasteiger partial charge in [-0.2, -0.15) is 0 Å². The summed E-state index contributed by atoms with van der Waals surface area (Å²) in [4.78, 5) is 33.9. The summed E-state index contributed by atoms with van der Waals surface area (Å²) in [6, 6.07) is 0. The molecule has 1 rings (SSSR count). The Hall–Kier alpha value is -1.24. The summed E-state index contributed by atoms with van der Waals surface area (Å²) < 4.78 is 0. The fourth-order valence-electron chi connectivity index (χ4n) is 1.08. The first kappa shape index (κ1) is 11.8. The summed E-state index contributed by atoms with van der Waals surface area (Å²) in [6.45, 7) is 0.120. The number of hydrogen-bond acceptors (Lipinski definition) is 4. The maximum Gasteiger partial charge on any atom is 0.305 e. The zero-order valence-corrected chi connectivity index (χ0v) is 8.88. The molecule has 0 radical (unpaired) electrons. The highest BCUT2D eigenvalue weighted by atomic mass is 32.2. The first-order chi connectivity index (χ1) is 7.09. The number of carboxylic acids is 1. The van der Waals surface area contributed by atoms with Crippen molar-refractivity contribution in [3.05, 3.63) is 0 Å². The molecule has 0 aromatic heterocycles. The molecule has 15 heavy (non-hydrogen) atoms. The van der Waals surface area contributed by atoms with Crippen LogP contribution in [-0.2, 0) is 14.4 Å². The number of rotatable bonds is 5. The molecule has 1 saturated heterocycles. The lowest BCUT2D eigenvalue weighted by Gasteiger charge is -2.13. The second-order valence-electron chi connectivity index (χ2n) is 3.06. The fourth-order valence-corrected chi connectivity index (χ4v) is 1.98. The summed E-state index contributed by atoms with van der Waals surface area (Å²) in [7, 11) is 0. The molecule has 1 heterocycles. The first-order valence-corrected chi connectivity index (χ1v) is 5.59. The molecule has 0 aromatic carbocycles. The molecule has 1 aliphatic rings. The predicted molar refractivity (Wildman–Crippen MR) is 54.3 cm³/mol. The van der Waals surface area contributed by atoms with Crippen molar-refractivity contribution >= 4 is 29.5 Å². The third-order valence-electron chi connectivity index (χ3n) is 1.82. The van der Waals surface area contributed by atoms with Crippen molar-refractivity contribution in [3.8, 4) is 0 Å². The van der Waals surface area contributed by atoms with E-state index in [0.29, 0.717) is 11.6 Å². The van der Waals surface area contributed by atoms with Crippen LogP contribution in [0, 0.1) is 0 Å². The van der Waals surface area contributed by atoms with Crippen LogP contribution in [0.25, 0.3) is 0 Å².